The number of rotatable bonds is 3. The highest BCUT2D eigenvalue weighted by Gasteiger charge is 2.40. The predicted octanol–water partition coefficient (Wildman–Crippen LogP) is 4.38. The SMILES string of the molecule is O=C(N[C@H]1CN2CCCCCC12)c1nsc2cc(-c3cccs3)ccc12. The van der Waals surface area contributed by atoms with Crippen LogP contribution in [0.4, 0.5) is 0 Å². The van der Waals surface area contributed by atoms with Gasteiger partial charge in [-0.05, 0) is 54.0 Å². The Hall–Kier alpha value is -1.76. The predicted molar refractivity (Wildman–Crippen MR) is 108 cm³/mol. The van der Waals surface area contributed by atoms with Crippen LogP contribution in [0.3, 0.4) is 0 Å². The van der Waals surface area contributed by atoms with Gasteiger partial charge >= 0.3 is 0 Å². The van der Waals surface area contributed by atoms with Gasteiger partial charge in [-0.3, -0.25) is 9.69 Å². The van der Waals surface area contributed by atoms with Gasteiger partial charge < -0.3 is 5.32 Å². The number of hydrogen-bond donors (Lipinski definition) is 1. The van der Waals surface area contributed by atoms with Crippen LogP contribution < -0.4 is 5.32 Å². The standard InChI is InChI=1S/C20H21N3OS2/c24-20(21-15-12-23-9-3-1-2-5-16(15)23)19-14-8-7-13(11-18(14)26-22-19)17-6-4-10-25-17/h4,6-8,10-11,15-16H,1-3,5,9,12H2,(H,21,24)/t15-,16?/m0/s1. The average Bonchev–Trinajstić information content (AvgIpc) is 3.27. The maximum absolute atomic E-state index is 12.8. The van der Waals surface area contributed by atoms with Crippen molar-refractivity contribution in [2.45, 2.75) is 37.8 Å². The molecule has 0 spiro atoms. The fraction of sp³-hybridized carbons (Fsp3) is 0.400. The number of carbonyl (C=O) groups excluding carboxylic acids is 1. The molecule has 2 aromatic heterocycles. The Morgan fingerprint density at radius 1 is 1.23 bits per heavy atom. The molecule has 2 aliphatic rings. The topological polar surface area (TPSA) is 45.2 Å². The molecule has 4 heterocycles. The van der Waals surface area contributed by atoms with Crippen LogP contribution in [0.25, 0.3) is 20.5 Å². The monoisotopic (exact) mass is 383 g/mol. The van der Waals surface area contributed by atoms with Crippen molar-refractivity contribution in [3.8, 4) is 10.4 Å². The summed E-state index contributed by atoms with van der Waals surface area (Å²) in [7, 11) is 0. The summed E-state index contributed by atoms with van der Waals surface area (Å²) in [5.74, 6) is -0.0194. The van der Waals surface area contributed by atoms with Gasteiger partial charge in [-0.2, -0.15) is 4.37 Å². The number of amides is 1. The van der Waals surface area contributed by atoms with Gasteiger partial charge in [0, 0.05) is 22.8 Å². The summed E-state index contributed by atoms with van der Waals surface area (Å²) in [6.45, 7) is 2.17. The van der Waals surface area contributed by atoms with Crippen molar-refractivity contribution in [3.05, 3.63) is 41.4 Å². The summed E-state index contributed by atoms with van der Waals surface area (Å²) < 4.78 is 5.55. The Labute approximate surface area is 161 Å². The lowest BCUT2D eigenvalue weighted by molar-refractivity contribution is 0.0410. The highest BCUT2D eigenvalue weighted by atomic mass is 32.1. The second-order valence-electron chi connectivity index (χ2n) is 7.21. The summed E-state index contributed by atoms with van der Waals surface area (Å²) >= 11 is 3.15. The van der Waals surface area contributed by atoms with E-state index in [-0.39, 0.29) is 11.9 Å². The highest BCUT2D eigenvalue weighted by molar-refractivity contribution is 7.14. The van der Waals surface area contributed by atoms with Crippen molar-refractivity contribution in [1.29, 1.82) is 0 Å². The first-order valence-corrected chi connectivity index (χ1v) is 10.9. The fourth-order valence-corrected chi connectivity index (χ4v) is 5.73. The van der Waals surface area contributed by atoms with Crippen molar-refractivity contribution in [2.75, 3.05) is 13.1 Å². The van der Waals surface area contributed by atoms with Crippen LogP contribution in [0.15, 0.2) is 35.7 Å². The first kappa shape index (κ1) is 16.4. The van der Waals surface area contributed by atoms with E-state index in [0.717, 1.165) is 16.6 Å². The molecule has 6 heteroatoms. The molecule has 4 nitrogen and oxygen atoms in total. The number of aromatic nitrogens is 1. The lowest BCUT2D eigenvalue weighted by Gasteiger charge is -2.47. The summed E-state index contributed by atoms with van der Waals surface area (Å²) in [5, 5.41) is 6.29. The van der Waals surface area contributed by atoms with E-state index in [0.29, 0.717) is 11.7 Å². The normalized spacial score (nSPS) is 23.2. The van der Waals surface area contributed by atoms with Gasteiger partial charge in [-0.15, -0.1) is 11.3 Å². The Bertz CT molecular complexity index is 934. The number of hydrogen-bond acceptors (Lipinski definition) is 5. The van der Waals surface area contributed by atoms with Crippen LogP contribution in [-0.4, -0.2) is 40.4 Å². The summed E-state index contributed by atoms with van der Waals surface area (Å²) in [5.41, 5.74) is 1.77. The van der Waals surface area contributed by atoms with Gasteiger partial charge in [-0.25, -0.2) is 0 Å². The Kier molecular flexibility index (Phi) is 4.27. The minimum absolute atomic E-state index is 0.0194. The molecule has 2 atom stereocenters. The van der Waals surface area contributed by atoms with Gasteiger partial charge in [0.05, 0.1) is 10.7 Å². The van der Waals surface area contributed by atoms with Gasteiger partial charge in [-0.1, -0.05) is 31.0 Å². The maximum atomic E-state index is 12.8. The average molecular weight is 384 g/mol. The summed E-state index contributed by atoms with van der Waals surface area (Å²) in [6, 6.07) is 11.3. The van der Waals surface area contributed by atoms with Crippen molar-refractivity contribution in [2.24, 2.45) is 0 Å². The molecule has 26 heavy (non-hydrogen) atoms. The summed E-state index contributed by atoms with van der Waals surface area (Å²) in [6.07, 6.45) is 5.09. The molecule has 1 amide bonds. The maximum Gasteiger partial charge on any atom is 0.271 e. The number of fused-ring (bicyclic) bond motifs is 2. The molecule has 0 bridgehead atoms. The molecule has 0 saturated carbocycles. The molecule has 1 N–H and O–H groups in total. The molecule has 5 rings (SSSR count). The Morgan fingerprint density at radius 3 is 3.08 bits per heavy atom. The number of carbonyl (C=O) groups is 1. The van der Waals surface area contributed by atoms with Gasteiger partial charge in [0.2, 0.25) is 0 Å². The Balaban J connectivity index is 1.35. The third kappa shape index (κ3) is 2.86. The molecule has 2 aliphatic heterocycles. The number of thiophene rings is 1. The van der Waals surface area contributed by atoms with E-state index in [9.17, 15) is 4.79 Å². The van der Waals surface area contributed by atoms with Crippen LogP contribution in [0.5, 0.6) is 0 Å². The van der Waals surface area contributed by atoms with Crippen LogP contribution in [-0.2, 0) is 0 Å². The number of benzene rings is 1. The van der Waals surface area contributed by atoms with Gasteiger partial charge in [0.25, 0.3) is 5.91 Å². The van der Waals surface area contributed by atoms with Crippen LogP contribution >= 0.6 is 22.9 Å². The molecule has 1 unspecified atom stereocenters. The van der Waals surface area contributed by atoms with E-state index < -0.39 is 0 Å². The Morgan fingerprint density at radius 2 is 2.19 bits per heavy atom. The van der Waals surface area contributed by atoms with Gasteiger partial charge in [0.1, 0.15) is 5.69 Å². The first-order chi connectivity index (χ1) is 12.8. The number of nitrogens with one attached hydrogen (secondary N) is 1. The van der Waals surface area contributed by atoms with E-state index in [4.69, 9.17) is 0 Å². The zero-order valence-electron chi connectivity index (χ0n) is 14.5. The van der Waals surface area contributed by atoms with Crippen molar-refractivity contribution in [3.63, 3.8) is 0 Å². The van der Waals surface area contributed by atoms with Crippen molar-refractivity contribution < 1.29 is 4.79 Å². The molecule has 134 valence electrons. The molecule has 3 aromatic rings. The molecular weight excluding hydrogens is 362 g/mol. The molecule has 0 radical (unpaired) electrons. The fourth-order valence-electron chi connectivity index (χ4n) is 4.19. The third-order valence-electron chi connectivity index (χ3n) is 5.62. The van der Waals surface area contributed by atoms with E-state index in [1.165, 1.54) is 54.2 Å². The molecule has 2 fully saturated rings. The number of nitrogens with zero attached hydrogens (tertiary/aromatic N) is 2. The van der Waals surface area contributed by atoms with Crippen LogP contribution in [0.1, 0.15) is 36.2 Å². The highest BCUT2D eigenvalue weighted by Crippen LogP contribution is 2.32. The minimum Gasteiger partial charge on any atom is -0.345 e. The lowest BCUT2D eigenvalue weighted by atomic mass is 9.93. The molecule has 1 aromatic carbocycles. The van der Waals surface area contributed by atoms with E-state index in [2.05, 4.69) is 44.2 Å². The molecule has 2 saturated heterocycles. The van der Waals surface area contributed by atoms with Crippen molar-refractivity contribution >= 4 is 38.9 Å². The largest absolute Gasteiger partial charge is 0.345 e. The summed E-state index contributed by atoms with van der Waals surface area (Å²) in [4.78, 5) is 16.6. The quantitative estimate of drug-likeness (QED) is 0.730. The van der Waals surface area contributed by atoms with Crippen molar-refractivity contribution in [1.82, 2.24) is 14.6 Å². The first-order valence-electron chi connectivity index (χ1n) is 9.28. The van der Waals surface area contributed by atoms with E-state index in [1.807, 2.05) is 6.07 Å². The molecule has 0 aliphatic carbocycles. The van der Waals surface area contributed by atoms with E-state index >= 15 is 0 Å². The van der Waals surface area contributed by atoms with Crippen LogP contribution in [0.2, 0.25) is 0 Å². The smallest absolute Gasteiger partial charge is 0.271 e. The second-order valence-corrected chi connectivity index (χ2v) is 8.96. The zero-order valence-corrected chi connectivity index (χ0v) is 16.1. The minimum atomic E-state index is -0.0194. The van der Waals surface area contributed by atoms with Gasteiger partial charge in [0.15, 0.2) is 0 Å². The zero-order chi connectivity index (χ0) is 17.5. The lowest BCUT2D eigenvalue weighted by Crippen LogP contribution is -2.66. The molecular formula is C20H21N3OS2. The van der Waals surface area contributed by atoms with Crippen LogP contribution in [0, 0.1) is 0 Å². The third-order valence-corrected chi connectivity index (χ3v) is 7.35. The second kappa shape index (κ2) is 6.76. The van der Waals surface area contributed by atoms with E-state index in [1.54, 1.807) is 11.3 Å².